The SMILES string of the molecule is CCOC(=O)OCC(C)(C)CCCO. The number of carbonyl (C=O) groups is 1. The van der Waals surface area contributed by atoms with Gasteiger partial charge in [0.1, 0.15) is 6.61 Å². The second-order valence-corrected chi connectivity index (χ2v) is 3.96. The van der Waals surface area contributed by atoms with Gasteiger partial charge < -0.3 is 14.6 Å². The number of ether oxygens (including phenoxy) is 2. The molecular weight excluding hydrogens is 184 g/mol. The number of rotatable bonds is 6. The van der Waals surface area contributed by atoms with E-state index in [9.17, 15) is 4.79 Å². The first-order valence-corrected chi connectivity index (χ1v) is 4.92. The monoisotopic (exact) mass is 204 g/mol. The minimum Gasteiger partial charge on any atom is -0.435 e. The molecule has 0 heterocycles. The third kappa shape index (κ3) is 6.71. The van der Waals surface area contributed by atoms with E-state index >= 15 is 0 Å². The molecule has 0 unspecified atom stereocenters. The van der Waals surface area contributed by atoms with Gasteiger partial charge in [-0.1, -0.05) is 13.8 Å². The zero-order valence-corrected chi connectivity index (χ0v) is 9.21. The van der Waals surface area contributed by atoms with Crippen LogP contribution in [0, 0.1) is 5.41 Å². The van der Waals surface area contributed by atoms with Crippen LogP contribution in [-0.2, 0) is 9.47 Å². The van der Waals surface area contributed by atoms with E-state index in [1.807, 2.05) is 13.8 Å². The Morgan fingerprint density at radius 1 is 1.36 bits per heavy atom. The lowest BCUT2D eigenvalue weighted by molar-refractivity contribution is 0.0290. The molecule has 0 atom stereocenters. The average molecular weight is 204 g/mol. The van der Waals surface area contributed by atoms with Gasteiger partial charge in [-0.25, -0.2) is 4.79 Å². The quantitative estimate of drug-likeness (QED) is 0.672. The Labute approximate surface area is 85.2 Å². The van der Waals surface area contributed by atoms with Crippen LogP contribution in [-0.4, -0.2) is 31.1 Å². The summed E-state index contributed by atoms with van der Waals surface area (Å²) in [6.45, 7) is 6.53. The Morgan fingerprint density at radius 3 is 2.50 bits per heavy atom. The Morgan fingerprint density at radius 2 is 2.00 bits per heavy atom. The van der Waals surface area contributed by atoms with Crippen molar-refractivity contribution in [2.45, 2.75) is 33.6 Å². The predicted molar refractivity (Wildman–Crippen MR) is 53.1 cm³/mol. The predicted octanol–water partition coefficient (Wildman–Crippen LogP) is 1.96. The summed E-state index contributed by atoms with van der Waals surface area (Å²) < 4.78 is 9.53. The van der Waals surface area contributed by atoms with Gasteiger partial charge in [0.05, 0.1) is 6.61 Å². The molecule has 0 saturated heterocycles. The van der Waals surface area contributed by atoms with Gasteiger partial charge in [0, 0.05) is 6.61 Å². The Kier molecular flexibility index (Phi) is 6.28. The van der Waals surface area contributed by atoms with Gasteiger partial charge in [0.15, 0.2) is 0 Å². The lowest BCUT2D eigenvalue weighted by atomic mass is 9.89. The maximum absolute atomic E-state index is 10.9. The van der Waals surface area contributed by atoms with Crippen LogP contribution in [0.5, 0.6) is 0 Å². The lowest BCUT2D eigenvalue weighted by Crippen LogP contribution is -2.22. The molecule has 0 aliphatic carbocycles. The van der Waals surface area contributed by atoms with E-state index in [1.54, 1.807) is 6.92 Å². The summed E-state index contributed by atoms with van der Waals surface area (Å²) in [5.74, 6) is 0. The number of hydrogen-bond acceptors (Lipinski definition) is 4. The molecule has 0 amide bonds. The third-order valence-electron chi connectivity index (χ3n) is 1.85. The van der Waals surface area contributed by atoms with Gasteiger partial charge in [-0.05, 0) is 25.2 Å². The smallest absolute Gasteiger partial charge is 0.435 e. The summed E-state index contributed by atoms with van der Waals surface area (Å²) in [6, 6.07) is 0. The summed E-state index contributed by atoms with van der Waals surface area (Å²) >= 11 is 0. The van der Waals surface area contributed by atoms with Gasteiger partial charge in [0.25, 0.3) is 0 Å². The minimum absolute atomic E-state index is 0.102. The van der Waals surface area contributed by atoms with E-state index in [0.29, 0.717) is 13.2 Å². The molecule has 0 aromatic carbocycles. The highest BCUT2D eigenvalue weighted by molar-refractivity contribution is 5.59. The molecule has 0 aromatic heterocycles. The highest BCUT2D eigenvalue weighted by atomic mass is 16.7. The number of hydrogen-bond donors (Lipinski definition) is 1. The second kappa shape index (κ2) is 6.65. The van der Waals surface area contributed by atoms with Crippen LogP contribution in [0.1, 0.15) is 33.6 Å². The minimum atomic E-state index is -0.621. The summed E-state index contributed by atoms with van der Waals surface area (Å²) in [5, 5.41) is 8.66. The van der Waals surface area contributed by atoms with Crippen molar-refractivity contribution >= 4 is 6.16 Å². The molecule has 84 valence electrons. The summed E-state index contributed by atoms with van der Waals surface area (Å²) in [4.78, 5) is 10.9. The first-order valence-electron chi connectivity index (χ1n) is 4.92. The molecule has 4 nitrogen and oxygen atoms in total. The maximum Gasteiger partial charge on any atom is 0.508 e. The van der Waals surface area contributed by atoms with Gasteiger partial charge in [-0.15, -0.1) is 0 Å². The van der Waals surface area contributed by atoms with Gasteiger partial charge in [0.2, 0.25) is 0 Å². The highest BCUT2D eigenvalue weighted by Crippen LogP contribution is 2.22. The van der Waals surface area contributed by atoms with Crippen molar-refractivity contribution in [1.82, 2.24) is 0 Å². The first-order chi connectivity index (χ1) is 6.52. The Bertz CT molecular complexity index is 166. The zero-order valence-electron chi connectivity index (χ0n) is 9.21. The number of aliphatic hydroxyl groups is 1. The van der Waals surface area contributed by atoms with Crippen molar-refractivity contribution in [3.63, 3.8) is 0 Å². The van der Waals surface area contributed by atoms with Gasteiger partial charge >= 0.3 is 6.16 Å². The standard InChI is InChI=1S/C10H20O4/c1-4-13-9(12)14-8-10(2,3)6-5-7-11/h11H,4-8H2,1-3H3. The average Bonchev–Trinajstić information content (AvgIpc) is 2.13. The summed E-state index contributed by atoms with van der Waals surface area (Å²) in [5.41, 5.74) is -0.102. The fourth-order valence-electron chi connectivity index (χ4n) is 1.04. The molecule has 4 heteroatoms. The molecule has 0 aromatic rings. The van der Waals surface area contributed by atoms with Gasteiger partial charge in [-0.2, -0.15) is 0 Å². The van der Waals surface area contributed by atoms with Crippen molar-refractivity contribution in [2.24, 2.45) is 5.41 Å². The number of aliphatic hydroxyl groups excluding tert-OH is 1. The Balaban J connectivity index is 3.68. The zero-order chi connectivity index (χ0) is 11.0. The fraction of sp³-hybridized carbons (Fsp3) is 0.900. The van der Waals surface area contributed by atoms with Crippen LogP contribution in [0.25, 0.3) is 0 Å². The molecule has 0 rings (SSSR count). The summed E-state index contributed by atoms with van der Waals surface area (Å²) in [6.07, 6.45) is 0.923. The van der Waals surface area contributed by atoms with E-state index in [2.05, 4.69) is 4.74 Å². The fourth-order valence-corrected chi connectivity index (χ4v) is 1.04. The number of carbonyl (C=O) groups excluding carboxylic acids is 1. The molecular formula is C10H20O4. The second-order valence-electron chi connectivity index (χ2n) is 3.96. The van der Waals surface area contributed by atoms with Gasteiger partial charge in [-0.3, -0.25) is 0 Å². The van der Waals surface area contributed by atoms with Crippen molar-refractivity contribution in [1.29, 1.82) is 0 Å². The van der Waals surface area contributed by atoms with E-state index in [1.165, 1.54) is 0 Å². The molecule has 1 N–H and O–H groups in total. The molecule has 0 spiro atoms. The third-order valence-corrected chi connectivity index (χ3v) is 1.85. The van der Waals surface area contributed by atoms with Crippen molar-refractivity contribution in [3.05, 3.63) is 0 Å². The lowest BCUT2D eigenvalue weighted by Gasteiger charge is -2.23. The molecule has 0 radical (unpaired) electrons. The van der Waals surface area contributed by atoms with E-state index in [4.69, 9.17) is 9.84 Å². The topological polar surface area (TPSA) is 55.8 Å². The molecule has 0 saturated carbocycles. The molecule has 0 fully saturated rings. The Hall–Kier alpha value is -0.770. The maximum atomic E-state index is 10.9. The molecule has 0 aliphatic rings. The van der Waals surface area contributed by atoms with E-state index in [-0.39, 0.29) is 12.0 Å². The summed E-state index contributed by atoms with van der Waals surface area (Å²) in [7, 11) is 0. The molecule has 0 bridgehead atoms. The normalized spacial score (nSPS) is 11.1. The van der Waals surface area contributed by atoms with Crippen LogP contribution < -0.4 is 0 Å². The van der Waals surface area contributed by atoms with Crippen molar-refractivity contribution in [3.8, 4) is 0 Å². The largest absolute Gasteiger partial charge is 0.508 e. The molecule has 0 aliphatic heterocycles. The van der Waals surface area contributed by atoms with Crippen LogP contribution in [0.2, 0.25) is 0 Å². The first kappa shape index (κ1) is 13.2. The van der Waals surface area contributed by atoms with E-state index < -0.39 is 6.16 Å². The van der Waals surface area contributed by atoms with Crippen molar-refractivity contribution < 1.29 is 19.4 Å². The van der Waals surface area contributed by atoms with E-state index in [0.717, 1.165) is 12.8 Å². The van der Waals surface area contributed by atoms with Crippen LogP contribution in [0.15, 0.2) is 0 Å². The van der Waals surface area contributed by atoms with Crippen LogP contribution in [0.4, 0.5) is 4.79 Å². The van der Waals surface area contributed by atoms with Crippen LogP contribution >= 0.6 is 0 Å². The molecule has 14 heavy (non-hydrogen) atoms. The van der Waals surface area contributed by atoms with Crippen molar-refractivity contribution in [2.75, 3.05) is 19.8 Å². The highest BCUT2D eigenvalue weighted by Gasteiger charge is 2.20. The van der Waals surface area contributed by atoms with Crippen LogP contribution in [0.3, 0.4) is 0 Å².